The van der Waals surface area contributed by atoms with E-state index in [1.807, 2.05) is 41.5 Å². The van der Waals surface area contributed by atoms with E-state index in [0.29, 0.717) is 0 Å². The summed E-state index contributed by atoms with van der Waals surface area (Å²) in [6.45, 7) is 18.5. The van der Waals surface area contributed by atoms with Crippen LogP contribution in [-0.4, -0.2) is 27.3 Å². The van der Waals surface area contributed by atoms with Crippen molar-refractivity contribution in [3.8, 4) is 0 Å². The molecule has 0 aromatic heterocycles. The van der Waals surface area contributed by atoms with E-state index in [-0.39, 0.29) is 18.3 Å². The van der Waals surface area contributed by atoms with Gasteiger partial charge in [0.1, 0.15) is 0 Å². The van der Waals surface area contributed by atoms with Crippen molar-refractivity contribution >= 4 is 8.97 Å². The Morgan fingerprint density at radius 1 is 0.800 bits per heavy atom. The lowest BCUT2D eigenvalue weighted by atomic mass is 10.5. The molecule has 0 aliphatic heterocycles. The summed E-state index contributed by atoms with van der Waals surface area (Å²) in [7, 11) is -3.17. The standard InChI is InChI=1S/C10H21NO3Si/c1-8(2)12-15(11-7,13-9(3)4)14-10(5)6/h8-10H,1-6H3. The Bertz CT molecular complexity index is 197. The molecule has 4 nitrogen and oxygen atoms in total. The van der Waals surface area contributed by atoms with Crippen LogP contribution in [0.1, 0.15) is 41.5 Å². The third kappa shape index (κ3) is 5.90. The first-order chi connectivity index (χ1) is 6.81. The smallest absolute Gasteiger partial charge is 0.336 e. The average molecular weight is 231 g/mol. The number of rotatable bonds is 6. The maximum absolute atomic E-state index is 7.20. The van der Waals surface area contributed by atoms with Gasteiger partial charge < -0.3 is 17.8 Å². The molecule has 0 N–H and O–H groups in total. The van der Waals surface area contributed by atoms with Gasteiger partial charge in [0.25, 0.3) is 0 Å². The topological polar surface area (TPSA) is 32.0 Å². The molecule has 0 spiro atoms. The summed E-state index contributed by atoms with van der Waals surface area (Å²) < 4.78 is 20.1. The molecule has 0 saturated carbocycles. The van der Waals surface area contributed by atoms with Crippen molar-refractivity contribution in [3.05, 3.63) is 11.1 Å². The van der Waals surface area contributed by atoms with Crippen LogP contribution in [-0.2, 0) is 13.3 Å². The fourth-order valence-corrected chi connectivity index (χ4v) is 3.17. The van der Waals surface area contributed by atoms with E-state index in [1.165, 1.54) is 0 Å². The van der Waals surface area contributed by atoms with E-state index in [2.05, 4.69) is 4.51 Å². The summed E-state index contributed by atoms with van der Waals surface area (Å²) in [6.07, 6.45) is -0.199. The second-order valence-corrected chi connectivity index (χ2v) is 6.11. The molecule has 15 heavy (non-hydrogen) atoms. The van der Waals surface area contributed by atoms with Crippen molar-refractivity contribution in [2.45, 2.75) is 59.9 Å². The molecule has 0 rings (SSSR count). The Morgan fingerprint density at radius 2 is 1.07 bits per heavy atom. The monoisotopic (exact) mass is 231 g/mol. The van der Waals surface area contributed by atoms with Crippen LogP contribution < -0.4 is 0 Å². The van der Waals surface area contributed by atoms with Gasteiger partial charge in [-0.25, -0.2) is 0 Å². The van der Waals surface area contributed by atoms with E-state index in [0.717, 1.165) is 0 Å². The van der Waals surface area contributed by atoms with E-state index in [9.17, 15) is 0 Å². The second kappa shape index (κ2) is 6.23. The quantitative estimate of drug-likeness (QED) is 0.520. The highest BCUT2D eigenvalue weighted by Gasteiger charge is 2.60. The molecular weight excluding hydrogens is 210 g/mol. The Kier molecular flexibility index (Phi) is 6.06. The molecule has 0 saturated heterocycles. The van der Waals surface area contributed by atoms with Crippen LogP contribution in [0.25, 0.3) is 4.51 Å². The second-order valence-electron chi connectivity index (χ2n) is 4.14. The van der Waals surface area contributed by atoms with Crippen LogP contribution in [0.5, 0.6) is 0 Å². The summed E-state index contributed by atoms with van der Waals surface area (Å²) in [4.78, 5) is 0. The van der Waals surface area contributed by atoms with E-state index >= 15 is 0 Å². The van der Waals surface area contributed by atoms with Crippen molar-refractivity contribution in [2.75, 3.05) is 0 Å². The van der Waals surface area contributed by atoms with Gasteiger partial charge >= 0.3 is 8.97 Å². The fraction of sp³-hybridized carbons (Fsp3) is 0.900. The first-order valence-corrected chi connectivity index (χ1v) is 6.90. The highest BCUT2D eigenvalue weighted by molar-refractivity contribution is 6.64. The molecule has 88 valence electrons. The minimum absolute atomic E-state index is 0.0664. The van der Waals surface area contributed by atoms with Crippen LogP contribution >= 0.6 is 0 Å². The van der Waals surface area contributed by atoms with Crippen molar-refractivity contribution in [1.29, 1.82) is 0 Å². The Morgan fingerprint density at radius 3 is 1.20 bits per heavy atom. The molecule has 0 aromatic rings. The summed E-state index contributed by atoms with van der Waals surface area (Å²) in [5.41, 5.74) is 0. The lowest BCUT2D eigenvalue weighted by Gasteiger charge is -2.21. The molecular formula is C10H21NO3Si. The number of hydrogen-bond donors (Lipinski definition) is 0. The molecule has 0 heterocycles. The summed E-state index contributed by atoms with van der Waals surface area (Å²) in [5, 5.41) is 0. The zero-order valence-corrected chi connectivity index (χ0v) is 11.4. The van der Waals surface area contributed by atoms with E-state index < -0.39 is 8.97 Å². The predicted molar refractivity (Wildman–Crippen MR) is 61.0 cm³/mol. The van der Waals surface area contributed by atoms with Gasteiger partial charge in [-0.2, -0.15) is 0 Å². The molecule has 0 bridgehead atoms. The first kappa shape index (κ1) is 14.6. The maximum atomic E-state index is 7.20. The maximum Gasteiger partial charge on any atom is 0.963 e. The van der Waals surface area contributed by atoms with Crippen LogP contribution in [0.15, 0.2) is 0 Å². The predicted octanol–water partition coefficient (Wildman–Crippen LogP) is 2.62. The summed E-state index contributed by atoms with van der Waals surface area (Å²) in [6, 6.07) is 0. The summed E-state index contributed by atoms with van der Waals surface area (Å²) >= 11 is 0. The third-order valence-electron chi connectivity index (χ3n) is 1.29. The van der Waals surface area contributed by atoms with Gasteiger partial charge in [-0.05, 0) is 41.5 Å². The van der Waals surface area contributed by atoms with Gasteiger partial charge in [-0.15, -0.1) is 0 Å². The zero-order valence-electron chi connectivity index (χ0n) is 10.4. The lowest BCUT2D eigenvalue weighted by molar-refractivity contribution is 0.0133. The molecule has 5 heteroatoms. The third-order valence-corrected chi connectivity index (χ3v) is 3.87. The largest absolute Gasteiger partial charge is 0.963 e. The van der Waals surface area contributed by atoms with Gasteiger partial charge in [0.15, 0.2) is 0 Å². The van der Waals surface area contributed by atoms with Crippen molar-refractivity contribution in [1.82, 2.24) is 0 Å². The van der Waals surface area contributed by atoms with Crippen molar-refractivity contribution in [2.24, 2.45) is 0 Å². The van der Waals surface area contributed by atoms with E-state index in [4.69, 9.17) is 19.9 Å². The molecule has 0 unspecified atom stereocenters. The van der Waals surface area contributed by atoms with Crippen LogP contribution in [0.3, 0.4) is 0 Å². The number of nitrogens with zero attached hydrogens (tertiary/aromatic N) is 1. The van der Waals surface area contributed by atoms with Gasteiger partial charge in [0, 0.05) is 0 Å². The molecule has 0 atom stereocenters. The molecule has 0 radical (unpaired) electrons. The Balaban J connectivity index is 4.69. The van der Waals surface area contributed by atoms with Crippen molar-refractivity contribution < 1.29 is 13.3 Å². The van der Waals surface area contributed by atoms with Gasteiger partial charge in [0.05, 0.1) is 18.3 Å². The average Bonchev–Trinajstić information content (AvgIpc) is 1.99. The van der Waals surface area contributed by atoms with Gasteiger partial charge in [-0.3, -0.25) is 6.57 Å². The molecule has 0 aliphatic carbocycles. The highest BCUT2D eigenvalue weighted by atomic mass is 28.4. The molecule has 0 aromatic carbocycles. The minimum Gasteiger partial charge on any atom is -0.336 e. The SMILES string of the molecule is [C-]#[N+][Si](OC(C)C)(OC(C)C)OC(C)C. The zero-order chi connectivity index (χ0) is 12.1. The van der Waals surface area contributed by atoms with Crippen LogP contribution in [0.2, 0.25) is 0 Å². The van der Waals surface area contributed by atoms with Gasteiger partial charge in [0.2, 0.25) is 0 Å². The summed E-state index contributed by atoms with van der Waals surface area (Å²) in [5.74, 6) is 0. The Hall–Kier alpha value is -0.413. The van der Waals surface area contributed by atoms with Crippen LogP contribution in [0.4, 0.5) is 0 Å². The molecule has 0 amide bonds. The lowest BCUT2D eigenvalue weighted by Crippen LogP contribution is -2.48. The Labute approximate surface area is 93.8 Å². The number of hydrogen-bond acceptors (Lipinski definition) is 3. The molecule has 0 fully saturated rings. The van der Waals surface area contributed by atoms with Crippen LogP contribution in [0, 0.1) is 6.57 Å². The normalized spacial score (nSPS) is 12.5. The molecule has 0 aliphatic rings. The van der Waals surface area contributed by atoms with Crippen molar-refractivity contribution in [3.63, 3.8) is 0 Å². The van der Waals surface area contributed by atoms with E-state index in [1.54, 1.807) is 0 Å². The minimum atomic E-state index is -3.17. The first-order valence-electron chi connectivity index (χ1n) is 5.23. The highest BCUT2D eigenvalue weighted by Crippen LogP contribution is 2.18. The van der Waals surface area contributed by atoms with Gasteiger partial charge in [-0.1, -0.05) is 0 Å². The fourth-order valence-electron chi connectivity index (χ4n) is 1.06.